The number of aromatic nitrogens is 1. The number of nitrogens with zero attached hydrogens (tertiary/aromatic N) is 3. The van der Waals surface area contributed by atoms with Crippen LogP contribution in [0.2, 0.25) is 0 Å². The zero-order chi connectivity index (χ0) is 15.5. The molecule has 1 aromatic heterocycles. The van der Waals surface area contributed by atoms with E-state index in [2.05, 4.69) is 54.1 Å². The van der Waals surface area contributed by atoms with Crippen LogP contribution in [-0.4, -0.2) is 35.6 Å². The molecule has 2 aliphatic rings. The summed E-state index contributed by atoms with van der Waals surface area (Å²) in [6.07, 6.45) is 7.85. The molecular formula is C18H31IN4. The van der Waals surface area contributed by atoms with Gasteiger partial charge in [-0.2, -0.15) is 0 Å². The van der Waals surface area contributed by atoms with Crippen molar-refractivity contribution in [2.24, 2.45) is 29.8 Å². The molecule has 1 heterocycles. The molecule has 2 saturated carbocycles. The van der Waals surface area contributed by atoms with Gasteiger partial charge in [-0.15, -0.1) is 24.0 Å². The first-order chi connectivity index (χ1) is 10.7. The summed E-state index contributed by atoms with van der Waals surface area (Å²) in [4.78, 5) is 7.21. The van der Waals surface area contributed by atoms with Crippen LogP contribution < -0.4 is 5.32 Å². The second kappa shape index (κ2) is 8.40. The van der Waals surface area contributed by atoms with Crippen LogP contribution in [-0.2, 0) is 13.6 Å². The number of aliphatic imine (C=N–C) groups is 1. The molecule has 0 unspecified atom stereocenters. The van der Waals surface area contributed by atoms with Crippen LogP contribution in [0.1, 0.15) is 38.3 Å². The number of hydrogen-bond donors (Lipinski definition) is 1. The fourth-order valence-corrected chi connectivity index (χ4v) is 3.37. The molecule has 0 atom stereocenters. The van der Waals surface area contributed by atoms with Crippen molar-refractivity contribution in [3.05, 3.63) is 24.0 Å². The molecule has 0 spiro atoms. The average molecular weight is 430 g/mol. The van der Waals surface area contributed by atoms with Crippen LogP contribution >= 0.6 is 24.0 Å². The molecular weight excluding hydrogens is 399 g/mol. The predicted molar refractivity (Wildman–Crippen MR) is 107 cm³/mol. The van der Waals surface area contributed by atoms with Gasteiger partial charge in [-0.05, 0) is 62.5 Å². The minimum Gasteiger partial charge on any atom is -0.357 e. The summed E-state index contributed by atoms with van der Waals surface area (Å²) in [6, 6.07) is 4.28. The molecule has 23 heavy (non-hydrogen) atoms. The van der Waals surface area contributed by atoms with Crippen LogP contribution in [0.4, 0.5) is 0 Å². The monoisotopic (exact) mass is 430 g/mol. The molecule has 2 fully saturated rings. The summed E-state index contributed by atoms with van der Waals surface area (Å²) >= 11 is 0. The highest BCUT2D eigenvalue weighted by Gasteiger charge is 2.41. The quantitative estimate of drug-likeness (QED) is 0.408. The van der Waals surface area contributed by atoms with Crippen molar-refractivity contribution in [3.63, 3.8) is 0 Å². The van der Waals surface area contributed by atoms with E-state index in [4.69, 9.17) is 4.99 Å². The van der Waals surface area contributed by atoms with Gasteiger partial charge in [0.25, 0.3) is 0 Å². The lowest BCUT2D eigenvalue weighted by atomic mass is 9.98. The standard InChI is InChI=1S/C18H30N4.HI/c1-4-19-18(22(3)13-16-6-5-11-21(16)2)20-12-17(14-7-8-14)15-9-10-15;/h5-6,11,14-15,17H,4,7-10,12-13H2,1-3H3,(H,19,20);1H. The molecule has 1 aromatic rings. The van der Waals surface area contributed by atoms with Crippen molar-refractivity contribution < 1.29 is 0 Å². The highest BCUT2D eigenvalue weighted by Crippen LogP contribution is 2.49. The highest BCUT2D eigenvalue weighted by molar-refractivity contribution is 14.0. The van der Waals surface area contributed by atoms with Gasteiger partial charge in [-0.1, -0.05) is 0 Å². The Labute approximate surface area is 157 Å². The van der Waals surface area contributed by atoms with Gasteiger partial charge in [0, 0.05) is 39.1 Å². The first-order valence-corrected chi connectivity index (χ1v) is 8.78. The average Bonchev–Trinajstić information content (AvgIpc) is 3.40. The van der Waals surface area contributed by atoms with E-state index in [1.165, 1.54) is 31.4 Å². The van der Waals surface area contributed by atoms with Gasteiger partial charge in [0.2, 0.25) is 0 Å². The Bertz CT molecular complexity index is 505. The normalized spacial score (nSPS) is 18.0. The summed E-state index contributed by atoms with van der Waals surface area (Å²) in [7, 11) is 4.24. The Morgan fingerprint density at radius 2 is 2.00 bits per heavy atom. The number of rotatable bonds is 7. The molecule has 0 aliphatic heterocycles. The van der Waals surface area contributed by atoms with Crippen molar-refractivity contribution in [1.29, 1.82) is 0 Å². The first-order valence-electron chi connectivity index (χ1n) is 8.78. The summed E-state index contributed by atoms with van der Waals surface area (Å²) < 4.78 is 2.18. The molecule has 2 aliphatic carbocycles. The SMILES string of the molecule is CCNC(=NCC(C1CC1)C1CC1)N(C)Cc1cccn1C.I. The van der Waals surface area contributed by atoms with Gasteiger partial charge in [0.1, 0.15) is 0 Å². The van der Waals surface area contributed by atoms with Crippen molar-refractivity contribution in [1.82, 2.24) is 14.8 Å². The number of hydrogen-bond acceptors (Lipinski definition) is 1. The summed E-state index contributed by atoms with van der Waals surface area (Å²) in [5, 5.41) is 3.45. The van der Waals surface area contributed by atoms with Crippen LogP contribution in [0.5, 0.6) is 0 Å². The summed E-state index contributed by atoms with van der Waals surface area (Å²) in [5.74, 6) is 3.83. The Balaban J connectivity index is 0.00000192. The molecule has 0 aromatic carbocycles. The molecule has 0 amide bonds. The van der Waals surface area contributed by atoms with Crippen LogP contribution in [0.25, 0.3) is 0 Å². The van der Waals surface area contributed by atoms with Gasteiger partial charge in [-0.25, -0.2) is 0 Å². The van der Waals surface area contributed by atoms with Crippen LogP contribution in [0.15, 0.2) is 23.3 Å². The first kappa shape index (κ1) is 18.6. The Hall–Kier alpha value is -0.720. The van der Waals surface area contributed by atoms with Gasteiger partial charge in [0.05, 0.1) is 6.54 Å². The molecule has 4 nitrogen and oxygen atoms in total. The maximum atomic E-state index is 4.97. The molecule has 0 bridgehead atoms. The number of aryl methyl sites for hydroxylation is 1. The van der Waals surface area contributed by atoms with E-state index in [-0.39, 0.29) is 24.0 Å². The zero-order valence-electron chi connectivity index (χ0n) is 14.7. The molecule has 0 saturated heterocycles. The van der Waals surface area contributed by atoms with Crippen LogP contribution in [0, 0.1) is 17.8 Å². The van der Waals surface area contributed by atoms with Gasteiger partial charge >= 0.3 is 0 Å². The molecule has 3 rings (SSSR count). The molecule has 0 radical (unpaired) electrons. The third-order valence-electron chi connectivity index (χ3n) is 5.05. The number of halogens is 1. The van der Waals surface area contributed by atoms with Gasteiger partial charge in [-0.3, -0.25) is 4.99 Å². The summed E-state index contributed by atoms with van der Waals surface area (Å²) in [5.41, 5.74) is 1.31. The van der Waals surface area contributed by atoms with E-state index in [1.807, 2.05) is 0 Å². The van der Waals surface area contributed by atoms with E-state index in [0.29, 0.717) is 0 Å². The Morgan fingerprint density at radius 3 is 2.48 bits per heavy atom. The lowest BCUT2D eigenvalue weighted by Crippen LogP contribution is -2.39. The van der Waals surface area contributed by atoms with E-state index < -0.39 is 0 Å². The zero-order valence-corrected chi connectivity index (χ0v) is 17.0. The Morgan fingerprint density at radius 1 is 1.35 bits per heavy atom. The van der Waals surface area contributed by atoms with Crippen molar-refractivity contribution in [2.75, 3.05) is 20.1 Å². The van der Waals surface area contributed by atoms with Crippen molar-refractivity contribution in [2.45, 2.75) is 39.2 Å². The topological polar surface area (TPSA) is 32.6 Å². The van der Waals surface area contributed by atoms with Crippen molar-refractivity contribution >= 4 is 29.9 Å². The Kier molecular flexibility index (Phi) is 6.80. The minimum absolute atomic E-state index is 0. The maximum Gasteiger partial charge on any atom is 0.194 e. The van der Waals surface area contributed by atoms with E-state index >= 15 is 0 Å². The minimum atomic E-state index is 0. The number of nitrogens with one attached hydrogen (secondary N) is 1. The highest BCUT2D eigenvalue weighted by atomic mass is 127. The van der Waals surface area contributed by atoms with E-state index in [1.54, 1.807) is 0 Å². The summed E-state index contributed by atoms with van der Waals surface area (Å²) in [6.45, 7) is 4.97. The van der Waals surface area contributed by atoms with E-state index in [0.717, 1.165) is 43.3 Å². The lowest BCUT2D eigenvalue weighted by Gasteiger charge is -2.23. The van der Waals surface area contributed by atoms with Gasteiger partial charge < -0.3 is 14.8 Å². The smallest absolute Gasteiger partial charge is 0.194 e. The molecule has 130 valence electrons. The maximum absolute atomic E-state index is 4.97. The predicted octanol–water partition coefficient (Wildman–Crippen LogP) is 3.48. The fraction of sp³-hybridized carbons (Fsp3) is 0.722. The second-order valence-electron chi connectivity index (χ2n) is 7.00. The van der Waals surface area contributed by atoms with Crippen LogP contribution in [0.3, 0.4) is 0 Å². The fourth-order valence-electron chi connectivity index (χ4n) is 3.37. The van der Waals surface area contributed by atoms with E-state index in [9.17, 15) is 0 Å². The molecule has 5 heteroatoms. The third kappa shape index (κ3) is 5.13. The van der Waals surface area contributed by atoms with Crippen molar-refractivity contribution in [3.8, 4) is 0 Å². The number of guanidine groups is 1. The van der Waals surface area contributed by atoms with Gasteiger partial charge in [0.15, 0.2) is 5.96 Å². The lowest BCUT2D eigenvalue weighted by molar-refractivity contribution is 0.408. The largest absolute Gasteiger partial charge is 0.357 e. The molecule has 1 N–H and O–H groups in total. The third-order valence-corrected chi connectivity index (χ3v) is 5.05. The second-order valence-corrected chi connectivity index (χ2v) is 7.00.